The Morgan fingerprint density at radius 3 is 2.74 bits per heavy atom. The van der Waals surface area contributed by atoms with Crippen molar-refractivity contribution in [2.75, 3.05) is 0 Å². The Morgan fingerprint density at radius 1 is 1.26 bits per heavy atom. The maximum atomic E-state index is 12.1. The maximum absolute atomic E-state index is 12.1. The van der Waals surface area contributed by atoms with Crippen molar-refractivity contribution in [3.63, 3.8) is 0 Å². The number of fused-ring (bicyclic) bond motifs is 1. The van der Waals surface area contributed by atoms with E-state index in [0.717, 1.165) is 48.3 Å². The van der Waals surface area contributed by atoms with E-state index in [0.29, 0.717) is 18.8 Å². The van der Waals surface area contributed by atoms with Crippen LogP contribution in [0.3, 0.4) is 0 Å². The zero-order valence-electron chi connectivity index (χ0n) is 15.8. The molecule has 0 saturated heterocycles. The molecular weight excluding hydrogens is 338 g/mol. The number of aromatic hydroxyl groups is 1. The topological polar surface area (TPSA) is 83.5 Å². The number of hydrogen-bond donors (Lipinski definition) is 3. The first-order valence-electron chi connectivity index (χ1n) is 10.4. The monoisotopic (exact) mass is 367 g/mol. The van der Waals surface area contributed by atoms with Gasteiger partial charge in [-0.3, -0.25) is 4.79 Å². The summed E-state index contributed by atoms with van der Waals surface area (Å²) in [6.45, 7) is 4.23. The maximum Gasteiger partial charge on any atom is 0.252 e. The van der Waals surface area contributed by atoms with Gasteiger partial charge in [0, 0.05) is 11.0 Å². The number of nitrogens with two attached hydrogens (primary N) is 1. The van der Waals surface area contributed by atoms with Crippen LogP contribution < -0.4 is 5.73 Å². The number of aliphatic hydroxyl groups is 1. The first-order chi connectivity index (χ1) is 12.9. The number of carbonyl (C=O) groups excluding carboxylic acids is 1. The molecule has 4 heteroatoms. The average molecular weight is 367 g/mol. The molecular formula is C23H29NO3. The second kappa shape index (κ2) is 5.60. The molecule has 1 aromatic carbocycles. The van der Waals surface area contributed by atoms with Gasteiger partial charge in [-0.05, 0) is 74.3 Å². The van der Waals surface area contributed by atoms with Crippen LogP contribution in [0.4, 0.5) is 0 Å². The lowest BCUT2D eigenvalue weighted by molar-refractivity contribution is -0.159. The number of primary amides is 1. The molecule has 27 heavy (non-hydrogen) atoms. The van der Waals surface area contributed by atoms with Crippen LogP contribution in [0.15, 0.2) is 24.3 Å². The molecule has 2 bridgehead atoms. The molecule has 3 fully saturated rings. The quantitative estimate of drug-likeness (QED) is 0.714. The molecule has 144 valence electrons. The van der Waals surface area contributed by atoms with E-state index < -0.39 is 16.9 Å². The van der Waals surface area contributed by atoms with Gasteiger partial charge in [0.15, 0.2) is 0 Å². The lowest BCUT2D eigenvalue weighted by Crippen LogP contribution is -2.66. The van der Waals surface area contributed by atoms with Crippen LogP contribution >= 0.6 is 0 Å². The highest BCUT2D eigenvalue weighted by Gasteiger charge is 2.65. The van der Waals surface area contributed by atoms with Crippen molar-refractivity contribution in [3.05, 3.63) is 41.0 Å². The summed E-state index contributed by atoms with van der Waals surface area (Å²) in [5.41, 5.74) is 7.32. The fourth-order valence-electron chi connectivity index (χ4n) is 6.74. The smallest absolute Gasteiger partial charge is 0.252 e. The van der Waals surface area contributed by atoms with Crippen molar-refractivity contribution in [3.8, 4) is 5.75 Å². The minimum Gasteiger partial charge on any atom is -0.507 e. The Balaban J connectivity index is 1.70. The molecule has 4 nitrogen and oxygen atoms in total. The number of allylic oxidation sites excluding steroid dienone is 1. The summed E-state index contributed by atoms with van der Waals surface area (Å²) in [7, 11) is 0. The van der Waals surface area contributed by atoms with Gasteiger partial charge < -0.3 is 15.9 Å². The lowest BCUT2D eigenvalue weighted by Gasteiger charge is -2.63. The van der Waals surface area contributed by atoms with E-state index in [1.54, 1.807) is 6.07 Å². The molecule has 4 atom stereocenters. The lowest BCUT2D eigenvalue weighted by atomic mass is 9.43. The normalized spacial score (nSPS) is 37.4. The molecule has 3 saturated carbocycles. The summed E-state index contributed by atoms with van der Waals surface area (Å²) in [4.78, 5) is 11.8. The Hall–Kier alpha value is -1.81. The van der Waals surface area contributed by atoms with E-state index in [1.165, 1.54) is 19.3 Å². The van der Waals surface area contributed by atoms with Crippen molar-refractivity contribution >= 4 is 5.91 Å². The average Bonchev–Trinajstić information content (AvgIpc) is 3.42. The van der Waals surface area contributed by atoms with Crippen LogP contribution in [0.1, 0.15) is 72.9 Å². The summed E-state index contributed by atoms with van der Waals surface area (Å²) in [6, 6.07) is 3.61. The van der Waals surface area contributed by atoms with Crippen LogP contribution in [0.2, 0.25) is 0 Å². The van der Waals surface area contributed by atoms with Crippen molar-refractivity contribution in [1.29, 1.82) is 0 Å². The Bertz CT molecular complexity index is 842. The highest BCUT2D eigenvalue weighted by Crippen LogP contribution is 2.65. The van der Waals surface area contributed by atoms with Crippen LogP contribution in [0.5, 0.6) is 5.75 Å². The number of hydrogen-bond acceptors (Lipinski definition) is 3. The fourth-order valence-corrected chi connectivity index (χ4v) is 6.74. The predicted octanol–water partition coefficient (Wildman–Crippen LogP) is 3.58. The van der Waals surface area contributed by atoms with Crippen LogP contribution in [0, 0.1) is 17.8 Å². The Kier molecular flexibility index (Phi) is 3.59. The molecule has 0 radical (unpaired) electrons. The third-order valence-electron chi connectivity index (χ3n) is 8.15. The van der Waals surface area contributed by atoms with Crippen molar-refractivity contribution in [1.82, 2.24) is 0 Å². The third-order valence-corrected chi connectivity index (χ3v) is 8.15. The zero-order chi connectivity index (χ0) is 19.0. The highest BCUT2D eigenvalue weighted by molar-refractivity contribution is 5.96. The zero-order valence-corrected chi connectivity index (χ0v) is 15.8. The van der Waals surface area contributed by atoms with Gasteiger partial charge in [-0.15, -0.1) is 0 Å². The van der Waals surface area contributed by atoms with Crippen LogP contribution in [-0.4, -0.2) is 21.7 Å². The summed E-state index contributed by atoms with van der Waals surface area (Å²) in [5, 5.41) is 23.1. The van der Waals surface area contributed by atoms with Gasteiger partial charge in [-0.2, -0.15) is 0 Å². The van der Waals surface area contributed by atoms with Gasteiger partial charge in [-0.25, -0.2) is 0 Å². The largest absolute Gasteiger partial charge is 0.507 e. The molecule has 1 unspecified atom stereocenters. The molecule has 4 aliphatic carbocycles. The standard InChI is InChI=1S/C23H29NO3/c1-13-6-9-23(27)18-11-16-4-5-17(21(24)26)20(25)19(16)22(23,12-13)8-7-15(18)10-14-2-3-14/h4-5,14-15,18,25,27H,1-3,6-12H2,(H2,24,26)/t15?,18-,22+,23+/m0/s1. The fraction of sp³-hybridized carbons (Fsp3) is 0.609. The second-order valence-electron chi connectivity index (χ2n) is 9.58. The van der Waals surface area contributed by atoms with E-state index in [2.05, 4.69) is 6.58 Å². The molecule has 4 aliphatic rings. The van der Waals surface area contributed by atoms with Gasteiger partial charge in [0.2, 0.25) is 0 Å². The molecule has 0 spiro atoms. The molecule has 5 rings (SSSR count). The van der Waals surface area contributed by atoms with E-state index in [1.807, 2.05) is 6.07 Å². The summed E-state index contributed by atoms with van der Waals surface area (Å²) >= 11 is 0. The summed E-state index contributed by atoms with van der Waals surface area (Å²) in [5.74, 6) is 0.998. The van der Waals surface area contributed by atoms with Gasteiger partial charge in [0.1, 0.15) is 5.75 Å². The van der Waals surface area contributed by atoms with Crippen molar-refractivity contribution in [2.24, 2.45) is 23.5 Å². The van der Waals surface area contributed by atoms with E-state index in [-0.39, 0.29) is 17.2 Å². The van der Waals surface area contributed by atoms with Crippen molar-refractivity contribution in [2.45, 2.75) is 68.8 Å². The molecule has 1 amide bonds. The minimum absolute atomic E-state index is 0.00721. The van der Waals surface area contributed by atoms with Crippen molar-refractivity contribution < 1.29 is 15.0 Å². The molecule has 4 N–H and O–H groups in total. The number of carbonyl (C=O) groups is 1. The summed E-state index contributed by atoms with van der Waals surface area (Å²) < 4.78 is 0. The number of rotatable bonds is 3. The summed E-state index contributed by atoms with van der Waals surface area (Å²) in [6.07, 6.45) is 8.85. The van der Waals surface area contributed by atoms with E-state index in [4.69, 9.17) is 5.73 Å². The van der Waals surface area contributed by atoms with E-state index in [9.17, 15) is 15.0 Å². The first-order valence-corrected chi connectivity index (χ1v) is 10.4. The van der Waals surface area contributed by atoms with Gasteiger partial charge in [0.25, 0.3) is 5.91 Å². The van der Waals surface area contributed by atoms with Crippen LogP contribution in [0.25, 0.3) is 0 Å². The van der Waals surface area contributed by atoms with Gasteiger partial charge in [-0.1, -0.05) is 31.1 Å². The number of amides is 1. The number of benzene rings is 1. The third kappa shape index (κ3) is 2.29. The minimum atomic E-state index is -0.827. The number of phenols is 1. The van der Waals surface area contributed by atoms with E-state index >= 15 is 0 Å². The second-order valence-corrected chi connectivity index (χ2v) is 9.58. The molecule has 1 aromatic rings. The molecule has 0 aliphatic heterocycles. The van der Waals surface area contributed by atoms with Crippen LogP contribution in [-0.2, 0) is 11.8 Å². The SMILES string of the molecule is C=C1CC[C@@]2(O)[C@H]3Cc4ccc(C(N)=O)c(O)c4[C@@]2(CCC3CC2CC2)C1. The highest BCUT2D eigenvalue weighted by atomic mass is 16.3. The Morgan fingerprint density at radius 2 is 2.04 bits per heavy atom. The predicted molar refractivity (Wildman–Crippen MR) is 104 cm³/mol. The molecule has 0 heterocycles. The van der Waals surface area contributed by atoms with Gasteiger partial charge in [0.05, 0.1) is 11.2 Å². The Labute approximate surface area is 160 Å². The molecule has 0 aromatic heterocycles. The first kappa shape index (κ1) is 17.3. The van der Waals surface area contributed by atoms with Gasteiger partial charge >= 0.3 is 0 Å².